The maximum atomic E-state index is 13.4. The minimum absolute atomic E-state index is 0.0638. The lowest BCUT2D eigenvalue weighted by molar-refractivity contribution is -0.206. The Labute approximate surface area is 270 Å². The summed E-state index contributed by atoms with van der Waals surface area (Å²) in [4.78, 5) is 25.1. The molecule has 1 unspecified atom stereocenters. The molecule has 0 bridgehead atoms. The van der Waals surface area contributed by atoms with E-state index >= 15 is 0 Å². The van der Waals surface area contributed by atoms with Gasteiger partial charge >= 0.3 is 18.1 Å². The van der Waals surface area contributed by atoms with Gasteiger partial charge in [0.1, 0.15) is 11.5 Å². The number of hydrogen-bond acceptors (Lipinski definition) is 6. The third kappa shape index (κ3) is 12.9. The lowest BCUT2D eigenvalue weighted by Gasteiger charge is -2.20. The molecule has 0 saturated heterocycles. The molecule has 0 amide bonds. The topological polar surface area (TPSA) is 71.1 Å². The first-order valence-corrected chi connectivity index (χ1v) is 16.2. The molecular formula is C37H45F3O6. The van der Waals surface area contributed by atoms with E-state index in [1.807, 2.05) is 43.3 Å². The molecule has 6 nitrogen and oxygen atoms in total. The standard InChI is InChI=1S/C37H45F3O6/c1-3-5-7-8-12-34(37(38,39)40)46-36(42)31-19-23-33(24-20-31)45-35(41)30-15-13-28(14-16-30)29-17-21-32(22-18-29)44-27-11-10-26-43-25-9-6-4-2/h13-24,34H,3-12,25-27H2,1-2H3. The van der Waals surface area contributed by atoms with Crippen LogP contribution >= 0.6 is 0 Å². The number of unbranched alkanes of at least 4 members (excludes halogenated alkanes) is 6. The highest BCUT2D eigenvalue weighted by Crippen LogP contribution is 2.29. The summed E-state index contributed by atoms with van der Waals surface area (Å²) in [5, 5.41) is 0. The molecule has 46 heavy (non-hydrogen) atoms. The van der Waals surface area contributed by atoms with Gasteiger partial charge in [-0.25, -0.2) is 9.59 Å². The zero-order valence-electron chi connectivity index (χ0n) is 26.8. The number of carbonyl (C=O) groups is 2. The van der Waals surface area contributed by atoms with E-state index in [4.69, 9.17) is 18.9 Å². The van der Waals surface area contributed by atoms with Crippen LogP contribution < -0.4 is 9.47 Å². The van der Waals surface area contributed by atoms with Gasteiger partial charge in [-0.2, -0.15) is 13.2 Å². The van der Waals surface area contributed by atoms with Gasteiger partial charge in [0.15, 0.2) is 6.10 Å². The summed E-state index contributed by atoms with van der Waals surface area (Å²) in [7, 11) is 0. The van der Waals surface area contributed by atoms with E-state index in [1.165, 1.54) is 37.1 Å². The number of hydrogen-bond donors (Lipinski definition) is 0. The average Bonchev–Trinajstić information content (AvgIpc) is 3.05. The smallest absolute Gasteiger partial charge is 0.425 e. The van der Waals surface area contributed by atoms with Crippen LogP contribution in [0.4, 0.5) is 13.2 Å². The fourth-order valence-electron chi connectivity index (χ4n) is 4.66. The minimum atomic E-state index is -4.65. The van der Waals surface area contributed by atoms with E-state index in [0.717, 1.165) is 62.2 Å². The second-order valence-corrected chi connectivity index (χ2v) is 11.2. The van der Waals surface area contributed by atoms with Gasteiger partial charge in [0.05, 0.1) is 17.7 Å². The van der Waals surface area contributed by atoms with Gasteiger partial charge in [-0.3, -0.25) is 0 Å². The molecule has 0 N–H and O–H groups in total. The van der Waals surface area contributed by atoms with Gasteiger partial charge in [0, 0.05) is 13.2 Å². The van der Waals surface area contributed by atoms with E-state index in [0.29, 0.717) is 25.0 Å². The summed E-state index contributed by atoms with van der Waals surface area (Å²) in [6.45, 7) is 6.34. The second-order valence-electron chi connectivity index (χ2n) is 11.2. The lowest BCUT2D eigenvalue weighted by Crippen LogP contribution is -2.33. The molecule has 0 aliphatic heterocycles. The number of alkyl halides is 3. The molecule has 0 aliphatic rings. The third-order valence-electron chi connectivity index (χ3n) is 7.39. The van der Waals surface area contributed by atoms with E-state index in [2.05, 4.69) is 6.92 Å². The van der Waals surface area contributed by atoms with Crippen LogP contribution in [-0.2, 0) is 9.47 Å². The van der Waals surface area contributed by atoms with E-state index in [-0.39, 0.29) is 17.7 Å². The number of benzene rings is 3. The van der Waals surface area contributed by atoms with Crippen molar-refractivity contribution in [2.45, 2.75) is 90.3 Å². The monoisotopic (exact) mass is 642 g/mol. The van der Waals surface area contributed by atoms with Crippen molar-refractivity contribution in [3.63, 3.8) is 0 Å². The summed E-state index contributed by atoms with van der Waals surface area (Å²) in [5.74, 6) is -0.756. The Hall–Kier alpha value is -3.85. The van der Waals surface area contributed by atoms with Gasteiger partial charge in [0.2, 0.25) is 0 Å². The predicted octanol–water partition coefficient (Wildman–Crippen LogP) is 10.00. The molecule has 3 rings (SSSR count). The predicted molar refractivity (Wildman–Crippen MR) is 172 cm³/mol. The first-order valence-electron chi connectivity index (χ1n) is 16.2. The van der Waals surface area contributed by atoms with Crippen LogP contribution in [0.5, 0.6) is 11.5 Å². The fourth-order valence-corrected chi connectivity index (χ4v) is 4.66. The Morgan fingerprint density at radius 2 is 1.11 bits per heavy atom. The third-order valence-corrected chi connectivity index (χ3v) is 7.39. The molecule has 3 aromatic carbocycles. The highest BCUT2D eigenvalue weighted by molar-refractivity contribution is 5.92. The molecule has 0 spiro atoms. The number of carbonyl (C=O) groups excluding carboxylic acids is 2. The van der Waals surface area contributed by atoms with Crippen molar-refractivity contribution in [1.82, 2.24) is 0 Å². The summed E-state index contributed by atoms with van der Waals surface area (Å²) < 4.78 is 61.8. The molecular weight excluding hydrogens is 597 g/mol. The van der Waals surface area contributed by atoms with Crippen molar-refractivity contribution in [3.05, 3.63) is 83.9 Å². The van der Waals surface area contributed by atoms with E-state index < -0.39 is 24.2 Å². The SMILES string of the molecule is CCCCCCC(OC(=O)c1ccc(OC(=O)c2ccc(-c3ccc(OCCCCOCCCCC)cc3)cc2)cc1)C(F)(F)F. The number of esters is 2. The van der Waals surface area contributed by atoms with Gasteiger partial charge in [0.25, 0.3) is 0 Å². The Morgan fingerprint density at radius 3 is 1.72 bits per heavy atom. The Kier molecular flexibility index (Phi) is 15.6. The van der Waals surface area contributed by atoms with Crippen molar-refractivity contribution >= 4 is 11.9 Å². The van der Waals surface area contributed by atoms with Crippen molar-refractivity contribution in [3.8, 4) is 22.6 Å². The number of halogens is 3. The van der Waals surface area contributed by atoms with Crippen molar-refractivity contribution in [2.75, 3.05) is 19.8 Å². The summed E-state index contributed by atoms with van der Waals surface area (Å²) in [6.07, 6.45) is 0.979. The van der Waals surface area contributed by atoms with Gasteiger partial charge in [-0.1, -0.05) is 70.2 Å². The molecule has 250 valence electrons. The summed E-state index contributed by atoms with van der Waals surface area (Å²) in [5.41, 5.74) is 2.13. The molecule has 0 aromatic heterocycles. The molecule has 3 aromatic rings. The Morgan fingerprint density at radius 1 is 0.609 bits per heavy atom. The van der Waals surface area contributed by atoms with E-state index in [1.54, 1.807) is 12.1 Å². The second kappa shape index (κ2) is 19.6. The highest BCUT2D eigenvalue weighted by atomic mass is 19.4. The normalized spacial score (nSPS) is 12.0. The number of ether oxygens (including phenoxy) is 4. The zero-order valence-corrected chi connectivity index (χ0v) is 26.8. The van der Waals surface area contributed by atoms with Crippen LogP contribution in [0, 0.1) is 0 Å². The highest BCUT2D eigenvalue weighted by Gasteiger charge is 2.42. The quantitative estimate of drug-likeness (QED) is 0.0694. The molecule has 1 atom stereocenters. The van der Waals surface area contributed by atoms with Crippen molar-refractivity contribution in [1.29, 1.82) is 0 Å². The maximum Gasteiger partial charge on any atom is 0.425 e. The molecule has 0 aliphatic carbocycles. The van der Waals surface area contributed by atoms with Crippen LogP contribution in [0.15, 0.2) is 72.8 Å². The fraction of sp³-hybridized carbons (Fsp3) is 0.459. The molecule has 0 saturated carbocycles. The van der Waals surface area contributed by atoms with Crippen LogP contribution in [-0.4, -0.2) is 44.0 Å². The average molecular weight is 643 g/mol. The van der Waals surface area contributed by atoms with Crippen molar-refractivity contribution < 1.29 is 41.7 Å². The van der Waals surface area contributed by atoms with E-state index in [9.17, 15) is 22.8 Å². The van der Waals surface area contributed by atoms with Crippen LogP contribution in [0.25, 0.3) is 11.1 Å². The zero-order chi connectivity index (χ0) is 33.2. The molecule has 0 fully saturated rings. The lowest BCUT2D eigenvalue weighted by atomic mass is 10.0. The number of rotatable bonds is 20. The first-order chi connectivity index (χ1) is 22.2. The summed E-state index contributed by atoms with van der Waals surface area (Å²) >= 11 is 0. The van der Waals surface area contributed by atoms with Crippen LogP contribution in [0.3, 0.4) is 0 Å². The molecule has 9 heteroatoms. The van der Waals surface area contributed by atoms with Crippen molar-refractivity contribution in [2.24, 2.45) is 0 Å². The van der Waals surface area contributed by atoms with Gasteiger partial charge in [-0.15, -0.1) is 0 Å². The minimum Gasteiger partial charge on any atom is -0.494 e. The largest absolute Gasteiger partial charge is 0.494 e. The van der Waals surface area contributed by atoms with Gasteiger partial charge in [-0.05, 0) is 91.8 Å². The van der Waals surface area contributed by atoms with Gasteiger partial charge < -0.3 is 18.9 Å². The molecule has 0 heterocycles. The Balaban J connectivity index is 1.45. The Bertz CT molecular complexity index is 1300. The first kappa shape index (κ1) is 36.6. The van der Waals surface area contributed by atoms with Crippen LogP contribution in [0.2, 0.25) is 0 Å². The van der Waals surface area contributed by atoms with Crippen LogP contribution in [0.1, 0.15) is 98.8 Å². The molecule has 0 radical (unpaired) electrons. The maximum absolute atomic E-state index is 13.4. The summed E-state index contributed by atoms with van der Waals surface area (Å²) in [6, 6.07) is 19.9.